The summed E-state index contributed by atoms with van der Waals surface area (Å²) in [5, 5.41) is 13.8. The second-order valence-electron chi connectivity index (χ2n) is 13.7. The molecule has 0 saturated carbocycles. The van der Waals surface area contributed by atoms with Crippen LogP contribution < -0.4 is 0 Å². The maximum atomic E-state index is 7.00. The van der Waals surface area contributed by atoms with Crippen LogP contribution in [0.15, 0.2) is 154 Å². The third-order valence-electron chi connectivity index (χ3n) is 10.8. The lowest BCUT2D eigenvalue weighted by Crippen LogP contribution is -1.93. The zero-order valence-corrected chi connectivity index (χ0v) is 27.7. The molecule has 2 aromatic heterocycles. The second-order valence-corrected chi connectivity index (χ2v) is 13.7. The summed E-state index contributed by atoms with van der Waals surface area (Å²) in [5.74, 6) is 0. The van der Waals surface area contributed by atoms with Crippen molar-refractivity contribution in [1.29, 1.82) is 0 Å². The summed E-state index contributed by atoms with van der Waals surface area (Å²) in [6, 6.07) is 52.7. The van der Waals surface area contributed by atoms with Gasteiger partial charge in [0.25, 0.3) is 0 Å². The molecular weight excluding hydrogens is 609 g/mol. The van der Waals surface area contributed by atoms with E-state index in [1.54, 1.807) is 0 Å². The summed E-state index contributed by atoms with van der Waals surface area (Å²) >= 11 is 0. The highest BCUT2D eigenvalue weighted by Gasteiger charge is 2.23. The first-order chi connectivity index (χ1) is 24.6. The Morgan fingerprint density at radius 1 is 0.320 bits per heavy atom. The largest absolute Gasteiger partial charge is 0.455 e. The van der Waals surface area contributed by atoms with Crippen LogP contribution in [-0.2, 0) is 0 Å². The van der Waals surface area contributed by atoms with Crippen LogP contribution in [-0.4, -0.2) is 0 Å². The molecule has 0 saturated heterocycles. The van der Waals surface area contributed by atoms with Crippen LogP contribution in [0.25, 0.3) is 109 Å². The van der Waals surface area contributed by atoms with E-state index in [-0.39, 0.29) is 0 Å². The van der Waals surface area contributed by atoms with Crippen molar-refractivity contribution in [3.8, 4) is 22.3 Å². The monoisotopic (exact) mass is 638 g/mol. The highest BCUT2D eigenvalue weighted by atomic mass is 16.3. The lowest BCUT2D eigenvalue weighted by molar-refractivity contribution is 0.665. The Bertz CT molecular complexity index is 2970. The van der Waals surface area contributed by atoms with Crippen molar-refractivity contribution in [3.05, 3.63) is 157 Å². The van der Waals surface area contributed by atoms with Gasteiger partial charge in [-0.1, -0.05) is 132 Å². The highest BCUT2D eigenvalue weighted by Crippen LogP contribution is 2.49. The summed E-state index contributed by atoms with van der Waals surface area (Å²) in [6.45, 7) is 4.27. The number of aryl methyl sites for hydroxylation is 2. The van der Waals surface area contributed by atoms with Gasteiger partial charge in [0.2, 0.25) is 0 Å². The molecule has 0 fully saturated rings. The second kappa shape index (κ2) is 10.1. The van der Waals surface area contributed by atoms with Gasteiger partial charge < -0.3 is 8.83 Å². The van der Waals surface area contributed by atoms with Gasteiger partial charge in [0.05, 0.1) is 0 Å². The van der Waals surface area contributed by atoms with E-state index in [9.17, 15) is 0 Å². The third kappa shape index (κ3) is 3.73. The van der Waals surface area contributed by atoms with Gasteiger partial charge in [0, 0.05) is 43.1 Å². The number of fused-ring (bicyclic) bond motifs is 10. The van der Waals surface area contributed by atoms with Crippen LogP contribution in [0.1, 0.15) is 11.1 Å². The van der Waals surface area contributed by atoms with Crippen molar-refractivity contribution < 1.29 is 8.83 Å². The molecule has 50 heavy (non-hydrogen) atoms. The van der Waals surface area contributed by atoms with Gasteiger partial charge in [-0.2, -0.15) is 0 Å². The Kier molecular flexibility index (Phi) is 5.55. The Balaban J connectivity index is 1.38. The van der Waals surface area contributed by atoms with E-state index in [1.165, 1.54) is 65.7 Å². The van der Waals surface area contributed by atoms with Crippen molar-refractivity contribution >= 4 is 87.0 Å². The molecule has 0 N–H and O–H groups in total. The number of hydrogen-bond acceptors (Lipinski definition) is 2. The highest BCUT2D eigenvalue weighted by molar-refractivity contribution is 6.41. The molecule has 2 nitrogen and oxygen atoms in total. The molecule has 2 heterocycles. The van der Waals surface area contributed by atoms with Crippen molar-refractivity contribution in [2.45, 2.75) is 13.8 Å². The molecule has 11 rings (SSSR count). The zero-order chi connectivity index (χ0) is 33.1. The first-order valence-electron chi connectivity index (χ1n) is 17.3. The fourth-order valence-corrected chi connectivity index (χ4v) is 8.45. The first kappa shape index (κ1) is 27.6. The standard InChI is InChI=1S/C48H30O2/c1-27-17-21-29(22-18-27)37-25-39-43-35-13-7-16-42-46(35)44(36-14-8-15-41(45(36)43)49-47(39)33-11-5-3-9-31(33)37)40-26-38(30-23-19-28(2)20-24-30)32-10-4-6-12-34(32)48(40)50-42/h3-26H,1-2H3. The Morgan fingerprint density at radius 3 is 1.12 bits per heavy atom. The van der Waals surface area contributed by atoms with Gasteiger partial charge in [0.1, 0.15) is 22.3 Å². The van der Waals surface area contributed by atoms with Gasteiger partial charge in [0.15, 0.2) is 0 Å². The SMILES string of the molecule is Cc1ccc(-c2cc3c(oc4cccc5c4c3c3cccc4oc6c7ccccc7c(-c7ccc(C)cc7)cc6c5c43)c3ccccc23)cc1. The van der Waals surface area contributed by atoms with E-state index < -0.39 is 0 Å². The van der Waals surface area contributed by atoms with Gasteiger partial charge in [-0.15, -0.1) is 0 Å². The molecule has 0 amide bonds. The van der Waals surface area contributed by atoms with Crippen LogP contribution in [0, 0.1) is 13.8 Å². The minimum atomic E-state index is 0.884. The van der Waals surface area contributed by atoms with Gasteiger partial charge >= 0.3 is 0 Å². The minimum absolute atomic E-state index is 0.884. The maximum absolute atomic E-state index is 7.00. The van der Waals surface area contributed by atoms with Gasteiger partial charge in [-0.3, -0.25) is 0 Å². The number of hydrogen-bond donors (Lipinski definition) is 0. The fraction of sp³-hybridized carbons (Fsp3) is 0.0417. The van der Waals surface area contributed by atoms with Crippen molar-refractivity contribution in [1.82, 2.24) is 0 Å². The molecule has 0 unspecified atom stereocenters. The predicted molar refractivity (Wildman–Crippen MR) is 211 cm³/mol. The molecule has 0 aliphatic carbocycles. The van der Waals surface area contributed by atoms with E-state index in [2.05, 4.69) is 159 Å². The van der Waals surface area contributed by atoms with Gasteiger partial charge in [-0.25, -0.2) is 0 Å². The molecule has 0 aliphatic heterocycles. The number of rotatable bonds is 2. The minimum Gasteiger partial charge on any atom is -0.455 e. The molecule has 0 radical (unpaired) electrons. The van der Waals surface area contributed by atoms with Crippen LogP contribution in [0.3, 0.4) is 0 Å². The molecule has 0 atom stereocenters. The summed E-state index contributed by atoms with van der Waals surface area (Å²) in [6.07, 6.45) is 0. The van der Waals surface area contributed by atoms with Crippen LogP contribution in [0.4, 0.5) is 0 Å². The van der Waals surface area contributed by atoms with E-state index in [0.29, 0.717) is 0 Å². The quantitative estimate of drug-likeness (QED) is 0.139. The van der Waals surface area contributed by atoms with Gasteiger partial charge in [-0.05, 0) is 81.9 Å². The van der Waals surface area contributed by atoms with Crippen molar-refractivity contribution in [2.24, 2.45) is 0 Å². The Hall–Kier alpha value is -6.38. The summed E-state index contributed by atoms with van der Waals surface area (Å²) in [4.78, 5) is 0. The summed E-state index contributed by atoms with van der Waals surface area (Å²) < 4.78 is 14.0. The van der Waals surface area contributed by atoms with E-state index in [1.807, 2.05) is 0 Å². The Morgan fingerprint density at radius 2 is 0.700 bits per heavy atom. The third-order valence-corrected chi connectivity index (χ3v) is 10.8. The van der Waals surface area contributed by atoms with Crippen LogP contribution in [0.5, 0.6) is 0 Å². The average Bonchev–Trinajstić information content (AvgIpc) is 3.16. The normalized spacial score (nSPS) is 12.2. The fourth-order valence-electron chi connectivity index (χ4n) is 8.45. The Labute approximate surface area is 287 Å². The molecule has 0 bridgehead atoms. The predicted octanol–water partition coefficient (Wildman–Crippen LogP) is 14.0. The van der Waals surface area contributed by atoms with Crippen LogP contribution >= 0.6 is 0 Å². The lowest BCUT2D eigenvalue weighted by atomic mass is 9.87. The first-order valence-corrected chi connectivity index (χ1v) is 17.3. The van der Waals surface area contributed by atoms with E-state index >= 15 is 0 Å². The molecule has 2 heteroatoms. The smallest absolute Gasteiger partial charge is 0.143 e. The summed E-state index contributed by atoms with van der Waals surface area (Å²) in [5.41, 5.74) is 10.9. The lowest BCUT2D eigenvalue weighted by Gasteiger charge is -2.19. The molecule has 11 aromatic rings. The summed E-state index contributed by atoms with van der Waals surface area (Å²) in [7, 11) is 0. The number of benzene rings is 9. The molecule has 9 aromatic carbocycles. The van der Waals surface area contributed by atoms with E-state index in [4.69, 9.17) is 8.83 Å². The average molecular weight is 639 g/mol. The van der Waals surface area contributed by atoms with Crippen molar-refractivity contribution in [2.75, 3.05) is 0 Å². The van der Waals surface area contributed by atoms with Crippen LogP contribution in [0.2, 0.25) is 0 Å². The zero-order valence-electron chi connectivity index (χ0n) is 27.7. The van der Waals surface area contributed by atoms with E-state index in [0.717, 1.165) is 54.6 Å². The molecule has 234 valence electrons. The molecule has 0 aliphatic rings. The molecular formula is C48H30O2. The molecule has 0 spiro atoms. The van der Waals surface area contributed by atoms with Crippen molar-refractivity contribution in [3.63, 3.8) is 0 Å². The maximum Gasteiger partial charge on any atom is 0.143 e. The topological polar surface area (TPSA) is 26.3 Å².